The van der Waals surface area contributed by atoms with Crippen molar-refractivity contribution in [3.05, 3.63) is 0 Å². The Labute approximate surface area is 112 Å². The number of aliphatic hydroxyl groups excluding tert-OH is 1. The Morgan fingerprint density at radius 3 is 2.00 bits per heavy atom. The molecule has 1 amide bonds. The number of carbonyl (C=O) groups excluding carboxylic acids is 1. The Hall–Kier alpha value is -0.610. The molecule has 0 saturated heterocycles. The lowest BCUT2D eigenvalue weighted by atomic mass is 10.1. The molecule has 0 aromatic rings. The van der Waals surface area contributed by atoms with Crippen molar-refractivity contribution < 1.29 is 9.90 Å². The van der Waals surface area contributed by atoms with E-state index in [9.17, 15) is 4.79 Å². The van der Waals surface area contributed by atoms with Crippen molar-refractivity contribution in [3.63, 3.8) is 0 Å². The summed E-state index contributed by atoms with van der Waals surface area (Å²) >= 11 is 0. The largest absolute Gasteiger partial charge is 0.396 e. The summed E-state index contributed by atoms with van der Waals surface area (Å²) in [7, 11) is 1.93. The van der Waals surface area contributed by atoms with E-state index in [4.69, 9.17) is 5.11 Å². The number of hydrogen-bond acceptors (Lipinski definition) is 3. The molecule has 4 heteroatoms. The first-order chi connectivity index (χ1) is 8.36. The molecule has 0 radical (unpaired) electrons. The van der Waals surface area contributed by atoms with E-state index in [-0.39, 0.29) is 12.5 Å². The van der Waals surface area contributed by atoms with Crippen LogP contribution in [0, 0.1) is 11.8 Å². The van der Waals surface area contributed by atoms with Crippen molar-refractivity contribution in [3.8, 4) is 0 Å². The standard InChI is InChI=1S/C14H30N2O2/c1-12(2)9-16(10-13(3)4)14(18)11-15(5)7-6-8-17/h12-13,17H,6-11H2,1-5H3. The highest BCUT2D eigenvalue weighted by Crippen LogP contribution is 2.05. The summed E-state index contributed by atoms with van der Waals surface area (Å²) in [5.41, 5.74) is 0. The molecule has 4 nitrogen and oxygen atoms in total. The maximum absolute atomic E-state index is 12.2. The van der Waals surface area contributed by atoms with Crippen molar-refractivity contribution in [1.82, 2.24) is 9.80 Å². The van der Waals surface area contributed by atoms with Gasteiger partial charge in [-0.05, 0) is 25.3 Å². The molecular formula is C14H30N2O2. The lowest BCUT2D eigenvalue weighted by molar-refractivity contribution is -0.133. The lowest BCUT2D eigenvalue weighted by Crippen LogP contribution is -2.42. The third kappa shape index (κ3) is 8.48. The van der Waals surface area contributed by atoms with E-state index in [0.717, 1.165) is 26.1 Å². The van der Waals surface area contributed by atoms with Crippen molar-refractivity contribution >= 4 is 5.91 Å². The van der Waals surface area contributed by atoms with E-state index in [1.807, 2.05) is 16.8 Å². The van der Waals surface area contributed by atoms with Crippen LogP contribution >= 0.6 is 0 Å². The Balaban J connectivity index is 4.27. The van der Waals surface area contributed by atoms with Gasteiger partial charge in [0.2, 0.25) is 5.91 Å². The van der Waals surface area contributed by atoms with Crippen LogP contribution in [0.15, 0.2) is 0 Å². The normalized spacial score (nSPS) is 11.6. The third-order valence-electron chi connectivity index (χ3n) is 2.63. The zero-order valence-corrected chi connectivity index (χ0v) is 12.6. The number of hydrogen-bond donors (Lipinski definition) is 1. The van der Waals surface area contributed by atoms with E-state index >= 15 is 0 Å². The van der Waals surface area contributed by atoms with Gasteiger partial charge >= 0.3 is 0 Å². The molecule has 0 heterocycles. The summed E-state index contributed by atoms with van der Waals surface area (Å²) in [6.07, 6.45) is 0.720. The summed E-state index contributed by atoms with van der Waals surface area (Å²) in [4.78, 5) is 16.2. The van der Waals surface area contributed by atoms with Crippen molar-refractivity contribution in [2.75, 3.05) is 39.8 Å². The first-order valence-corrected chi connectivity index (χ1v) is 6.94. The number of carbonyl (C=O) groups is 1. The van der Waals surface area contributed by atoms with Crippen LogP contribution in [0.5, 0.6) is 0 Å². The van der Waals surface area contributed by atoms with Crippen LogP contribution < -0.4 is 0 Å². The zero-order valence-electron chi connectivity index (χ0n) is 12.6. The summed E-state index contributed by atoms with van der Waals surface area (Å²) in [6.45, 7) is 11.6. The van der Waals surface area contributed by atoms with Gasteiger partial charge in [-0.3, -0.25) is 9.69 Å². The zero-order chi connectivity index (χ0) is 14.1. The minimum atomic E-state index is 0.181. The second kappa shape index (κ2) is 9.34. The van der Waals surface area contributed by atoms with Crippen LogP contribution in [-0.4, -0.2) is 60.6 Å². The van der Waals surface area contributed by atoms with Gasteiger partial charge in [0.05, 0.1) is 6.54 Å². The van der Waals surface area contributed by atoms with Crippen LogP contribution in [0.25, 0.3) is 0 Å². The Bertz CT molecular complexity index is 220. The molecule has 1 N–H and O–H groups in total. The summed E-state index contributed by atoms with van der Waals surface area (Å²) in [5, 5.41) is 8.77. The Morgan fingerprint density at radius 1 is 1.11 bits per heavy atom. The van der Waals surface area contributed by atoms with Gasteiger partial charge in [0, 0.05) is 26.2 Å². The van der Waals surface area contributed by atoms with Crippen LogP contribution in [-0.2, 0) is 4.79 Å². The van der Waals surface area contributed by atoms with Crippen LogP contribution in [0.2, 0.25) is 0 Å². The minimum absolute atomic E-state index is 0.181. The fourth-order valence-corrected chi connectivity index (χ4v) is 1.91. The Kier molecular flexibility index (Phi) is 9.02. The predicted molar refractivity (Wildman–Crippen MR) is 75.5 cm³/mol. The number of rotatable bonds is 9. The van der Waals surface area contributed by atoms with Gasteiger partial charge in [0.1, 0.15) is 0 Å². The second-order valence-electron chi connectivity index (χ2n) is 5.90. The highest BCUT2D eigenvalue weighted by atomic mass is 16.3. The molecule has 0 aliphatic heterocycles. The number of likely N-dealkylation sites (N-methyl/N-ethyl adjacent to an activating group) is 1. The van der Waals surface area contributed by atoms with E-state index in [1.165, 1.54) is 0 Å². The molecule has 108 valence electrons. The summed E-state index contributed by atoms with van der Waals surface area (Å²) in [5.74, 6) is 1.18. The van der Waals surface area contributed by atoms with Gasteiger partial charge in [-0.1, -0.05) is 27.7 Å². The van der Waals surface area contributed by atoms with Gasteiger partial charge in [0.25, 0.3) is 0 Å². The van der Waals surface area contributed by atoms with Crippen molar-refractivity contribution in [1.29, 1.82) is 0 Å². The summed E-state index contributed by atoms with van der Waals surface area (Å²) < 4.78 is 0. The maximum Gasteiger partial charge on any atom is 0.236 e. The molecule has 0 saturated carbocycles. The van der Waals surface area contributed by atoms with Crippen LogP contribution in [0.4, 0.5) is 0 Å². The molecule has 0 atom stereocenters. The predicted octanol–water partition coefficient (Wildman–Crippen LogP) is 1.44. The topological polar surface area (TPSA) is 43.8 Å². The number of aliphatic hydroxyl groups is 1. The average molecular weight is 258 g/mol. The molecule has 0 spiro atoms. The number of nitrogens with zero attached hydrogens (tertiary/aromatic N) is 2. The molecule has 0 rings (SSSR count). The van der Waals surface area contributed by atoms with Crippen LogP contribution in [0.3, 0.4) is 0 Å². The molecule has 18 heavy (non-hydrogen) atoms. The second-order valence-corrected chi connectivity index (χ2v) is 5.90. The molecule has 0 fully saturated rings. The van der Waals surface area contributed by atoms with Crippen LogP contribution in [0.1, 0.15) is 34.1 Å². The Morgan fingerprint density at radius 2 is 1.61 bits per heavy atom. The van der Waals surface area contributed by atoms with E-state index in [0.29, 0.717) is 18.4 Å². The van der Waals surface area contributed by atoms with Gasteiger partial charge < -0.3 is 10.0 Å². The number of amides is 1. The summed E-state index contributed by atoms with van der Waals surface area (Å²) in [6, 6.07) is 0. The average Bonchev–Trinajstić information content (AvgIpc) is 2.24. The first-order valence-electron chi connectivity index (χ1n) is 6.94. The van der Waals surface area contributed by atoms with Crippen molar-refractivity contribution in [2.45, 2.75) is 34.1 Å². The molecule has 0 bridgehead atoms. The van der Waals surface area contributed by atoms with Gasteiger partial charge in [-0.25, -0.2) is 0 Å². The first kappa shape index (κ1) is 17.4. The van der Waals surface area contributed by atoms with Crippen molar-refractivity contribution in [2.24, 2.45) is 11.8 Å². The molecule has 0 aromatic heterocycles. The molecular weight excluding hydrogens is 228 g/mol. The minimum Gasteiger partial charge on any atom is -0.396 e. The quantitative estimate of drug-likeness (QED) is 0.680. The maximum atomic E-state index is 12.2. The highest BCUT2D eigenvalue weighted by Gasteiger charge is 2.17. The highest BCUT2D eigenvalue weighted by molar-refractivity contribution is 5.78. The van der Waals surface area contributed by atoms with E-state index in [1.54, 1.807) is 0 Å². The fourth-order valence-electron chi connectivity index (χ4n) is 1.91. The van der Waals surface area contributed by atoms with E-state index < -0.39 is 0 Å². The monoisotopic (exact) mass is 258 g/mol. The third-order valence-corrected chi connectivity index (χ3v) is 2.63. The van der Waals surface area contributed by atoms with Gasteiger partial charge in [0.15, 0.2) is 0 Å². The van der Waals surface area contributed by atoms with Gasteiger partial charge in [-0.15, -0.1) is 0 Å². The molecule has 0 unspecified atom stereocenters. The molecule has 0 aromatic carbocycles. The smallest absolute Gasteiger partial charge is 0.236 e. The van der Waals surface area contributed by atoms with Gasteiger partial charge in [-0.2, -0.15) is 0 Å². The lowest BCUT2D eigenvalue weighted by Gasteiger charge is -2.28. The van der Waals surface area contributed by atoms with E-state index in [2.05, 4.69) is 27.7 Å². The SMILES string of the molecule is CC(C)CN(CC(C)C)C(=O)CN(C)CCCO. The molecule has 0 aliphatic rings. The fraction of sp³-hybridized carbons (Fsp3) is 0.929. The molecule has 0 aliphatic carbocycles.